The van der Waals surface area contributed by atoms with Crippen LogP contribution in [0.4, 0.5) is 11.6 Å². The Kier molecular flexibility index (Phi) is 8.03. The van der Waals surface area contributed by atoms with Gasteiger partial charge < -0.3 is 20.9 Å². The van der Waals surface area contributed by atoms with Crippen LogP contribution in [0.25, 0.3) is 0 Å². The molecule has 0 saturated carbocycles. The fraction of sp³-hybridized carbons (Fsp3) is 0.421. The Labute approximate surface area is 173 Å². The summed E-state index contributed by atoms with van der Waals surface area (Å²) in [5.74, 6) is 0.132. The number of hydrogen-bond donors (Lipinski definition) is 3. The third-order valence-corrected chi connectivity index (χ3v) is 5.35. The number of thioether (sulfide) groups is 1. The first kappa shape index (κ1) is 22.2. The summed E-state index contributed by atoms with van der Waals surface area (Å²) in [5, 5.41) is 17.7. The van der Waals surface area contributed by atoms with Gasteiger partial charge in [0.25, 0.3) is 5.91 Å². The third kappa shape index (κ3) is 5.48. The summed E-state index contributed by atoms with van der Waals surface area (Å²) < 4.78 is 0. The fourth-order valence-corrected chi connectivity index (χ4v) is 3.89. The summed E-state index contributed by atoms with van der Waals surface area (Å²) in [6.45, 7) is 6.32. The molecule has 29 heavy (non-hydrogen) atoms. The summed E-state index contributed by atoms with van der Waals surface area (Å²) in [6.07, 6.45) is 0.349. The van der Waals surface area contributed by atoms with Crippen molar-refractivity contribution in [2.45, 2.75) is 32.4 Å². The van der Waals surface area contributed by atoms with Gasteiger partial charge in [-0.1, -0.05) is 24.8 Å². The Morgan fingerprint density at radius 2 is 2.00 bits per heavy atom. The van der Waals surface area contributed by atoms with E-state index in [1.165, 1.54) is 16.7 Å². The SMILES string of the molecule is CCNC(=O)/C(C#N)=C1\S[C@H](CNc2cccc(NC(=O)CC)n2)C(=O)N1CC. The van der Waals surface area contributed by atoms with Crippen LogP contribution in [0.3, 0.4) is 0 Å². The summed E-state index contributed by atoms with van der Waals surface area (Å²) in [7, 11) is 0. The largest absolute Gasteiger partial charge is 0.368 e. The number of likely N-dealkylation sites (N-methyl/N-ethyl adjacent to an activating group) is 1. The minimum absolute atomic E-state index is 0.0584. The lowest BCUT2D eigenvalue weighted by Crippen LogP contribution is -2.33. The van der Waals surface area contributed by atoms with Gasteiger partial charge in [0.1, 0.15) is 33.6 Å². The summed E-state index contributed by atoms with van der Waals surface area (Å²) >= 11 is 1.19. The predicted molar refractivity (Wildman–Crippen MR) is 112 cm³/mol. The summed E-state index contributed by atoms with van der Waals surface area (Å²) in [6, 6.07) is 7.08. The van der Waals surface area contributed by atoms with E-state index in [0.717, 1.165) is 0 Å². The molecule has 2 rings (SSSR count). The van der Waals surface area contributed by atoms with E-state index in [9.17, 15) is 19.6 Å². The van der Waals surface area contributed by atoms with Crippen molar-refractivity contribution < 1.29 is 14.4 Å². The first-order chi connectivity index (χ1) is 13.9. The lowest BCUT2D eigenvalue weighted by molar-refractivity contribution is -0.127. The molecule has 1 atom stereocenters. The second-order valence-electron chi connectivity index (χ2n) is 6.03. The van der Waals surface area contributed by atoms with Crippen molar-refractivity contribution in [2.75, 3.05) is 30.3 Å². The molecule has 1 aliphatic rings. The van der Waals surface area contributed by atoms with Crippen molar-refractivity contribution in [3.63, 3.8) is 0 Å². The van der Waals surface area contributed by atoms with Crippen LogP contribution in [0.2, 0.25) is 0 Å². The van der Waals surface area contributed by atoms with Gasteiger partial charge in [0.05, 0.1) is 0 Å². The molecule has 0 aromatic carbocycles. The van der Waals surface area contributed by atoms with Crippen LogP contribution in [0.5, 0.6) is 0 Å². The van der Waals surface area contributed by atoms with Gasteiger partial charge in [-0.15, -0.1) is 0 Å². The molecule has 1 aromatic heterocycles. The molecule has 10 heteroatoms. The second kappa shape index (κ2) is 10.5. The van der Waals surface area contributed by atoms with Gasteiger partial charge >= 0.3 is 0 Å². The number of nitriles is 1. The first-order valence-electron chi connectivity index (χ1n) is 9.36. The Morgan fingerprint density at radius 3 is 2.62 bits per heavy atom. The number of hydrogen-bond acceptors (Lipinski definition) is 7. The predicted octanol–water partition coefficient (Wildman–Crippen LogP) is 1.68. The minimum atomic E-state index is -0.501. The van der Waals surface area contributed by atoms with Crippen LogP contribution in [0.1, 0.15) is 27.2 Å². The zero-order chi connectivity index (χ0) is 21.4. The van der Waals surface area contributed by atoms with Crippen molar-refractivity contribution in [1.82, 2.24) is 15.2 Å². The van der Waals surface area contributed by atoms with E-state index >= 15 is 0 Å². The number of carbonyl (C=O) groups excluding carboxylic acids is 3. The molecule has 0 spiro atoms. The van der Waals surface area contributed by atoms with Gasteiger partial charge in [-0.25, -0.2) is 4.98 Å². The highest BCUT2D eigenvalue weighted by Crippen LogP contribution is 2.37. The van der Waals surface area contributed by atoms with Crippen molar-refractivity contribution in [1.29, 1.82) is 5.26 Å². The van der Waals surface area contributed by atoms with Crippen molar-refractivity contribution in [2.24, 2.45) is 0 Å². The van der Waals surface area contributed by atoms with Crippen LogP contribution >= 0.6 is 11.8 Å². The molecule has 0 unspecified atom stereocenters. The average Bonchev–Trinajstić information content (AvgIpc) is 3.02. The van der Waals surface area contributed by atoms with E-state index in [0.29, 0.717) is 36.2 Å². The van der Waals surface area contributed by atoms with E-state index in [2.05, 4.69) is 20.9 Å². The van der Waals surface area contributed by atoms with Crippen molar-refractivity contribution >= 4 is 41.1 Å². The van der Waals surface area contributed by atoms with Crippen LogP contribution in [-0.2, 0) is 14.4 Å². The molecular weight excluding hydrogens is 392 g/mol. The molecule has 0 bridgehead atoms. The molecule has 1 saturated heterocycles. The van der Waals surface area contributed by atoms with Crippen LogP contribution in [0, 0.1) is 11.3 Å². The van der Waals surface area contributed by atoms with E-state index < -0.39 is 11.2 Å². The van der Waals surface area contributed by atoms with Crippen LogP contribution in [-0.4, -0.2) is 52.5 Å². The molecular formula is C19H24N6O3S. The maximum Gasteiger partial charge on any atom is 0.264 e. The smallest absolute Gasteiger partial charge is 0.264 e. The zero-order valence-electron chi connectivity index (χ0n) is 16.6. The zero-order valence-corrected chi connectivity index (χ0v) is 17.4. The van der Waals surface area contributed by atoms with Crippen molar-refractivity contribution in [3.8, 4) is 6.07 Å². The lowest BCUT2D eigenvalue weighted by atomic mass is 10.2. The molecule has 1 fully saturated rings. The first-order valence-corrected chi connectivity index (χ1v) is 10.2. The Bertz CT molecular complexity index is 864. The van der Waals surface area contributed by atoms with E-state index in [1.807, 2.05) is 6.07 Å². The van der Waals surface area contributed by atoms with E-state index in [1.54, 1.807) is 39.0 Å². The fourth-order valence-electron chi connectivity index (χ4n) is 2.62. The molecule has 154 valence electrons. The maximum atomic E-state index is 12.7. The summed E-state index contributed by atoms with van der Waals surface area (Å²) in [4.78, 5) is 42.2. The Balaban J connectivity index is 2.13. The number of aromatic nitrogens is 1. The number of nitrogens with zero attached hydrogens (tertiary/aromatic N) is 3. The normalized spacial score (nSPS) is 17.5. The van der Waals surface area contributed by atoms with Gasteiger partial charge in [-0.3, -0.25) is 14.4 Å². The number of amides is 3. The number of carbonyl (C=O) groups is 3. The summed E-state index contributed by atoms with van der Waals surface area (Å²) in [5.41, 5.74) is -0.0584. The van der Waals surface area contributed by atoms with E-state index in [4.69, 9.17) is 0 Å². The molecule has 9 nitrogen and oxygen atoms in total. The Hall–Kier alpha value is -3.06. The van der Waals surface area contributed by atoms with Gasteiger partial charge in [-0.2, -0.15) is 5.26 Å². The average molecular weight is 417 g/mol. The topological polar surface area (TPSA) is 127 Å². The monoisotopic (exact) mass is 416 g/mol. The highest BCUT2D eigenvalue weighted by molar-refractivity contribution is 8.04. The van der Waals surface area contributed by atoms with Crippen LogP contribution in [0.15, 0.2) is 28.8 Å². The van der Waals surface area contributed by atoms with Gasteiger partial charge in [0.15, 0.2) is 0 Å². The highest BCUT2D eigenvalue weighted by atomic mass is 32.2. The third-order valence-electron chi connectivity index (χ3n) is 4.05. The molecule has 0 radical (unpaired) electrons. The number of pyridine rings is 1. The van der Waals surface area contributed by atoms with Crippen LogP contribution < -0.4 is 16.0 Å². The maximum absolute atomic E-state index is 12.7. The number of rotatable bonds is 8. The second-order valence-corrected chi connectivity index (χ2v) is 7.22. The van der Waals surface area contributed by atoms with Crippen molar-refractivity contribution in [3.05, 3.63) is 28.8 Å². The molecule has 0 aliphatic carbocycles. The molecule has 1 aliphatic heterocycles. The lowest BCUT2D eigenvalue weighted by Gasteiger charge is -2.15. The van der Waals surface area contributed by atoms with Gasteiger partial charge in [0.2, 0.25) is 11.8 Å². The number of anilines is 2. The molecule has 1 aromatic rings. The van der Waals surface area contributed by atoms with E-state index in [-0.39, 0.29) is 23.9 Å². The highest BCUT2D eigenvalue weighted by Gasteiger charge is 2.38. The number of nitrogens with one attached hydrogen (secondary N) is 3. The Morgan fingerprint density at radius 1 is 1.28 bits per heavy atom. The molecule has 2 heterocycles. The molecule has 3 N–H and O–H groups in total. The standard InChI is InChI=1S/C19H24N6O3S/c1-4-16(26)24-15-9-7-8-14(23-15)22-11-13-18(28)25(6-3)19(29-13)12(10-20)17(27)21-5-2/h7-9,13H,4-6,11H2,1-3H3,(H,21,27)(H2,22,23,24,26)/b19-12-/t13-/m1/s1. The quantitative estimate of drug-likeness (QED) is 0.434. The van der Waals surface area contributed by atoms with Gasteiger partial charge in [0, 0.05) is 26.1 Å². The minimum Gasteiger partial charge on any atom is -0.368 e. The molecule has 3 amide bonds. The van der Waals surface area contributed by atoms with Gasteiger partial charge in [-0.05, 0) is 26.0 Å².